The Morgan fingerprint density at radius 2 is 2.12 bits per heavy atom. The van der Waals surface area contributed by atoms with E-state index in [0.717, 1.165) is 36.4 Å². The summed E-state index contributed by atoms with van der Waals surface area (Å²) < 4.78 is 0. The summed E-state index contributed by atoms with van der Waals surface area (Å²) in [5.41, 5.74) is 0.988. The predicted octanol–water partition coefficient (Wildman–Crippen LogP) is 3.09. The van der Waals surface area contributed by atoms with Crippen LogP contribution in [0.25, 0.3) is 10.9 Å². The predicted molar refractivity (Wildman–Crippen MR) is 72.8 cm³/mol. The van der Waals surface area contributed by atoms with Gasteiger partial charge in [-0.2, -0.15) is 0 Å². The van der Waals surface area contributed by atoms with Crippen molar-refractivity contribution in [3.05, 3.63) is 30.5 Å². The normalized spacial score (nSPS) is 10.7. The van der Waals surface area contributed by atoms with E-state index in [2.05, 4.69) is 21.8 Å². The van der Waals surface area contributed by atoms with Crippen LogP contribution in [-0.2, 0) is 0 Å². The molecule has 90 valence electrons. The number of para-hydroxylation sites is 1. The lowest BCUT2D eigenvalue weighted by Gasteiger charge is -2.20. The number of alkyl halides is 1. The van der Waals surface area contributed by atoms with Crippen LogP contribution in [0.3, 0.4) is 0 Å². The lowest BCUT2D eigenvalue weighted by Crippen LogP contribution is -2.26. The highest BCUT2D eigenvalue weighted by atomic mass is 35.5. The first-order chi connectivity index (χ1) is 8.35. The highest BCUT2D eigenvalue weighted by Crippen LogP contribution is 2.14. The number of nitrogens with zero attached hydrogens (tertiary/aromatic N) is 3. The number of anilines is 1. The Morgan fingerprint density at radius 1 is 1.29 bits per heavy atom. The second kappa shape index (κ2) is 5.82. The molecule has 0 saturated carbocycles. The lowest BCUT2D eigenvalue weighted by molar-refractivity contribution is 0.768. The van der Waals surface area contributed by atoms with Crippen molar-refractivity contribution in [2.24, 2.45) is 0 Å². The van der Waals surface area contributed by atoms with Gasteiger partial charge in [-0.3, -0.25) is 0 Å². The van der Waals surface area contributed by atoms with Crippen LogP contribution in [-0.4, -0.2) is 28.9 Å². The smallest absolute Gasteiger partial charge is 0.225 e. The molecule has 0 aliphatic rings. The van der Waals surface area contributed by atoms with Crippen LogP contribution in [0.15, 0.2) is 30.5 Å². The highest BCUT2D eigenvalue weighted by molar-refractivity contribution is 6.17. The topological polar surface area (TPSA) is 29.0 Å². The molecule has 4 heteroatoms. The maximum absolute atomic E-state index is 5.72. The van der Waals surface area contributed by atoms with Crippen LogP contribution in [0.5, 0.6) is 0 Å². The van der Waals surface area contributed by atoms with Gasteiger partial charge in [0.25, 0.3) is 0 Å². The average molecular weight is 250 g/mol. The molecule has 0 amide bonds. The summed E-state index contributed by atoms with van der Waals surface area (Å²) in [5, 5.41) is 1.07. The van der Waals surface area contributed by atoms with E-state index < -0.39 is 0 Å². The Balaban J connectivity index is 2.27. The Kier molecular flexibility index (Phi) is 4.15. The molecule has 1 aromatic carbocycles. The third kappa shape index (κ3) is 2.86. The zero-order valence-electron chi connectivity index (χ0n) is 9.93. The number of aromatic nitrogens is 2. The zero-order valence-corrected chi connectivity index (χ0v) is 10.7. The molecule has 0 saturated heterocycles. The molecule has 0 aliphatic carbocycles. The van der Waals surface area contributed by atoms with Crippen LogP contribution in [0.2, 0.25) is 0 Å². The molecule has 0 spiro atoms. The largest absolute Gasteiger partial charge is 0.341 e. The molecule has 17 heavy (non-hydrogen) atoms. The molecular formula is C13H16ClN3. The molecule has 0 aliphatic heterocycles. The summed E-state index contributed by atoms with van der Waals surface area (Å²) in [4.78, 5) is 11.1. The molecule has 1 aromatic heterocycles. The van der Waals surface area contributed by atoms with Crippen molar-refractivity contribution in [3.8, 4) is 0 Å². The monoisotopic (exact) mass is 249 g/mol. The molecule has 0 fully saturated rings. The van der Waals surface area contributed by atoms with Gasteiger partial charge in [0.05, 0.1) is 5.52 Å². The first-order valence-corrected chi connectivity index (χ1v) is 6.41. The van der Waals surface area contributed by atoms with E-state index in [1.807, 2.05) is 30.5 Å². The number of halogens is 1. The second-order valence-corrected chi connectivity index (χ2v) is 4.23. The maximum Gasteiger partial charge on any atom is 0.225 e. The number of rotatable bonds is 5. The first-order valence-electron chi connectivity index (χ1n) is 5.88. The fourth-order valence-electron chi connectivity index (χ4n) is 1.76. The fraction of sp³-hybridized carbons (Fsp3) is 0.385. The molecule has 3 nitrogen and oxygen atoms in total. The van der Waals surface area contributed by atoms with Gasteiger partial charge in [0.1, 0.15) is 0 Å². The van der Waals surface area contributed by atoms with Gasteiger partial charge in [-0.05, 0) is 19.4 Å². The average Bonchev–Trinajstić information content (AvgIpc) is 2.39. The third-order valence-corrected chi connectivity index (χ3v) is 2.97. The van der Waals surface area contributed by atoms with Crippen molar-refractivity contribution in [1.29, 1.82) is 0 Å². The third-order valence-electron chi connectivity index (χ3n) is 2.70. The van der Waals surface area contributed by atoms with E-state index in [-0.39, 0.29) is 0 Å². The molecule has 0 atom stereocenters. The van der Waals surface area contributed by atoms with Gasteiger partial charge >= 0.3 is 0 Å². The highest BCUT2D eigenvalue weighted by Gasteiger charge is 2.07. The van der Waals surface area contributed by atoms with Gasteiger partial charge in [-0.1, -0.05) is 18.2 Å². The maximum atomic E-state index is 5.72. The Bertz CT molecular complexity index is 487. The first kappa shape index (κ1) is 12.1. The molecule has 0 radical (unpaired) electrons. The summed E-state index contributed by atoms with van der Waals surface area (Å²) in [5.74, 6) is 1.46. The van der Waals surface area contributed by atoms with Crippen molar-refractivity contribution in [2.75, 3.05) is 23.9 Å². The zero-order chi connectivity index (χ0) is 12.1. The molecule has 1 heterocycles. The van der Waals surface area contributed by atoms with Crippen LogP contribution < -0.4 is 4.90 Å². The van der Waals surface area contributed by atoms with Gasteiger partial charge in [0, 0.05) is 30.6 Å². The molecule has 2 rings (SSSR count). The standard InChI is InChI=1S/C13H16ClN3/c1-2-17(9-5-8-14)13-15-10-11-6-3-4-7-12(11)16-13/h3-4,6-7,10H,2,5,8-9H2,1H3. The minimum absolute atomic E-state index is 0.671. The minimum atomic E-state index is 0.671. The van der Waals surface area contributed by atoms with Crippen LogP contribution in [0, 0.1) is 0 Å². The van der Waals surface area contributed by atoms with Gasteiger partial charge < -0.3 is 4.90 Å². The van der Waals surface area contributed by atoms with Gasteiger partial charge in [-0.15, -0.1) is 11.6 Å². The molecule has 0 unspecified atom stereocenters. The van der Waals surface area contributed by atoms with Gasteiger partial charge in [-0.25, -0.2) is 9.97 Å². The molecular weight excluding hydrogens is 234 g/mol. The minimum Gasteiger partial charge on any atom is -0.341 e. The molecule has 0 N–H and O–H groups in total. The number of benzene rings is 1. The molecule has 2 aromatic rings. The Hall–Kier alpha value is -1.35. The summed E-state index contributed by atoms with van der Waals surface area (Å²) >= 11 is 5.72. The number of hydrogen-bond acceptors (Lipinski definition) is 3. The quantitative estimate of drug-likeness (QED) is 0.763. The number of fused-ring (bicyclic) bond motifs is 1. The van der Waals surface area contributed by atoms with E-state index >= 15 is 0 Å². The van der Waals surface area contributed by atoms with E-state index in [0.29, 0.717) is 5.88 Å². The fourth-order valence-corrected chi connectivity index (χ4v) is 1.88. The van der Waals surface area contributed by atoms with Gasteiger partial charge in [0.15, 0.2) is 0 Å². The van der Waals surface area contributed by atoms with Crippen molar-refractivity contribution in [1.82, 2.24) is 9.97 Å². The van der Waals surface area contributed by atoms with Crippen molar-refractivity contribution in [3.63, 3.8) is 0 Å². The van der Waals surface area contributed by atoms with E-state index in [9.17, 15) is 0 Å². The number of hydrogen-bond donors (Lipinski definition) is 0. The summed E-state index contributed by atoms with van der Waals surface area (Å²) in [6, 6.07) is 8.02. The summed E-state index contributed by atoms with van der Waals surface area (Å²) in [6.45, 7) is 3.90. The van der Waals surface area contributed by atoms with E-state index in [4.69, 9.17) is 11.6 Å². The van der Waals surface area contributed by atoms with Crippen molar-refractivity contribution < 1.29 is 0 Å². The van der Waals surface area contributed by atoms with Gasteiger partial charge in [0.2, 0.25) is 5.95 Å². The van der Waals surface area contributed by atoms with Crippen molar-refractivity contribution in [2.45, 2.75) is 13.3 Å². The van der Waals surface area contributed by atoms with E-state index in [1.165, 1.54) is 0 Å². The lowest BCUT2D eigenvalue weighted by atomic mass is 10.2. The van der Waals surface area contributed by atoms with Crippen LogP contribution in [0.1, 0.15) is 13.3 Å². The van der Waals surface area contributed by atoms with Crippen LogP contribution >= 0.6 is 11.6 Å². The SMILES string of the molecule is CCN(CCCCl)c1ncc2ccccc2n1. The second-order valence-electron chi connectivity index (χ2n) is 3.85. The summed E-state index contributed by atoms with van der Waals surface area (Å²) in [6.07, 6.45) is 2.83. The molecule has 0 bridgehead atoms. The van der Waals surface area contributed by atoms with E-state index in [1.54, 1.807) is 0 Å². The Morgan fingerprint density at radius 3 is 2.88 bits per heavy atom. The summed E-state index contributed by atoms with van der Waals surface area (Å²) in [7, 11) is 0. The Labute approximate surface area is 106 Å². The van der Waals surface area contributed by atoms with Crippen molar-refractivity contribution >= 4 is 28.5 Å². The van der Waals surface area contributed by atoms with Crippen LogP contribution in [0.4, 0.5) is 5.95 Å².